The Morgan fingerprint density at radius 1 is 0.317 bits per heavy atom. The second-order valence-electron chi connectivity index (χ2n) is 34.1. The Kier molecular flexibility index (Phi) is 28.9. The third-order valence-corrected chi connectivity index (χ3v) is 27.0. The molecule has 8 aliphatic heterocycles. The van der Waals surface area contributed by atoms with E-state index in [-0.39, 0.29) is 12.6 Å². The van der Waals surface area contributed by atoms with Crippen molar-refractivity contribution in [2.75, 3.05) is 33.0 Å². The number of H-pyrrole nitrogens is 3. The minimum Gasteiger partial charge on any atom is -0.494 e. The zero-order valence-corrected chi connectivity index (χ0v) is 78.4. The smallest absolute Gasteiger partial charge is 0.302 e. The van der Waals surface area contributed by atoms with Gasteiger partial charge in [-0.15, -0.1) is 0 Å². The third kappa shape index (κ3) is 17.4. The summed E-state index contributed by atoms with van der Waals surface area (Å²) in [4.78, 5) is 49.3. The van der Waals surface area contributed by atoms with Gasteiger partial charge in [0.25, 0.3) is 0 Å². The summed E-state index contributed by atoms with van der Waals surface area (Å²) in [7, 11) is 0. The summed E-state index contributed by atoms with van der Waals surface area (Å²) >= 11 is 0. The van der Waals surface area contributed by atoms with Crippen molar-refractivity contribution in [1.29, 1.82) is 0 Å². The summed E-state index contributed by atoms with van der Waals surface area (Å²) in [5, 5.41) is 0. The van der Waals surface area contributed by atoms with Crippen LogP contribution >= 0.6 is 0 Å². The Hall–Kier alpha value is -11.3. The molecule has 0 amide bonds. The normalized spacial score (nSPS) is 14.4. The highest BCUT2D eigenvalue weighted by Crippen LogP contribution is 2.51. The van der Waals surface area contributed by atoms with Crippen LogP contribution in [0.4, 0.5) is 0 Å². The monoisotopic (exact) mass is 1690 g/mol. The maximum Gasteiger partial charge on any atom is 0.302 e. The molecule has 18 rings (SSSR count). The van der Waals surface area contributed by atoms with Crippen LogP contribution in [0.25, 0.3) is 133 Å². The van der Waals surface area contributed by atoms with E-state index in [1.54, 1.807) is 0 Å². The summed E-state index contributed by atoms with van der Waals surface area (Å²) in [6.45, 7) is 41.1. The first-order valence-electron chi connectivity index (χ1n) is 48.3. The number of carbonyl (C=O) groups is 1. The molecule has 0 saturated heterocycles. The van der Waals surface area contributed by atoms with Crippen molar-refractivity contribution < 1.29 is 28.5 Å². The molecule has 126 heavy (non-hydrogen) atoms. The lowest BCUT2D eigenvalue weighted by atomic mass is 9.92. The van der Waals surface area contributed by atoms with E-state index in [0.717, 1.165) is 311 Å². The van der Waals surface area contributed by atoms with Gasteiger partial charge in [-0.1, -0.05) is 159 Å². The molecule has 0 spiro atoms. The molecule has 10 aromatic rings. The summed E-state index contributed by atoms with van der Waals surface area (Å²) in [6.07, 6.45) is 20.5. The van der Waals surface area contributed by atoms with E-state index in [2.05, 4.69) is 252 Å². The van der Waals surface area contributed by atoms with Crippen molar-refractivity contribution in [2.24, 2.45) is 0 Å². The molecule has 14 heterocycles. The van der Waals surface area contributed by atoms with Crippen LogP contribution in [0.3, 0.4) is 0 Å². The maximum atomic E-state index is 13.0. The zero-order chi connectivity index (χ0) is 88.4. The summed E-state index contributed by atoms with van der Waals surface area (Å²) < 4.78 is 36.0. The molecule has 14 nitrogen and oxygen atoms in total. The highest BCUT2D eigenvalue weighted by atomic mass is 16.5. The quantitative estimate of drug-likeness (QED) is 0.0663. The van der Waals surface area contributed by atoms with Crippen LogP contribution in [-0.2, 0) is 67.4 Å². The molecule has 0 saturated carbocycles. The SMILES string of the molecule is CCC1=C(CC)c2nc1cc1[nH]c(c(CC)c1CC)c1c3nc(cc4[nH]c(c(CC)c4CC)c2-c2cccc(c2)OCCCCCCOc2cccc(c2)-c2c4nc(cc5[nH]c(c(CC)c5CC)c(c5nc(cc6c(CC)c(CC)c2n6CCOC(C)=O)C(CC)=C5CC)-c2cccc(c2)OCCCCCCOc2cccc-1c2)C(CC)=C4CC)C(CC)=C3CC. The number of hydrogen-bond acceptors (Lipinski definition) is 10. The van der Waals surface area contributed by atoms with Crippen LogP contribution in [0, 0.1) is 0 Å². The molecule has 0 radical (unpaired) electrons. The van der Waals surface area contributed by atoms with Crippen LogP contribution in [0.1, 0.15) is 310 Å². The predicted octanol–water partition coefficient (Wildman–Crippen LogP) is 29.4. The van der Waals surface area contributed by atoms with E-state index < -0.39 is 0 Å². The van der Waals surface area contributed by atoms with Crippen LogP contribution in [0.5, 0.6) is 23.0 Å². The number of aryl methyl sites for hydroxylation is 8. The molecule has 4 aromatic carbocycles. The molecular formula is C112H134N8O6. The minimum absolute atomic E-state index is 0.189. The summed E-state index contributed by atoms with van der Waals surface area (Å²) in [5.41, 5.74) is 45.5. The number of esters is 1. The van der Waals surface area contributed by atoms with Crippen molar-refractivity contribution in [3.05, 3.63) is 211 Å². The van der Waals surface area contributed by atoms with Crippen molar-refractivity contribution in [1.82, 2.24) is 39.5 Å². The molecule has 0 aliphatic carbocycles. The highest BCUT2D eigenvalue weighted by molar-refractivity contribution is 6.07. The fourth-order valence-corrected chi connectivity index (χ4v) is 21.3. The van der Waals surface area contributed by atoms with Gasteiger partial charge in [0.05, 0.1) is 101 Å². The van der Waals surface area contributed by atoms with Gasteiger partial charge in [0.2, 0.25) is 0 Å². The van der Waals surface area contributed by atoms with E-state index in [1.807, 2.05) is 0 Å². The van der Waals surface area contributed by atoms with Crippen molar-refractivity contribution >= 4 is 94.7 Å². The van der Waals surface area contributed by atoms with E-state index in [4.69, 9.17) is 43.6 Å². The number of nitrogens with one attached hydrogen (secondary N) is 3. The molecular weight excluding hydrogens is 1550 g/mol. The number of nitrogens with zero attached hydrogens (tertiary/aromatic N) is 5. The molecule has 0 fully saturated rings. The predicted molar refractivity (Wildman–Crippen MR) is 528 cm³/mol. The second kappa shape index (κ2) is 40.6. The molecule has 658 valence electrons. The second-order valence-corrected chi connectivity index (χ2v) is 34.1. The largest absolute Gasteiger partial charge is 0.494 e. The first kappa shape index (κ1) is 89.6. The number of ether oxygens (including phenoxy) is 5. The minimum atomic E-state index is -0.309. The number of benzene rings is 4. The van der Waals surface area contributed by atoms with Gasteiger partial charge < -0.3 is 43.2 Å². The topological polar surface area (TPSA) is 167 Å². The van der Waals surface area contributed by atoms with Gasteiger partial charge in [-0.2, -0.15) is 0 Å². The summed E-state index contributed by atoms with van der Waals surface area (Å²) in [5.74, 6) is 3.02. The van der Waals surface area contributed by atoms with E-state index in [1.165, 1.54) is 96.0 Å². The van der Waals surface area contributed by atoms with E-state index in [0.29, 0.717) is 33.0 Å². The molecule has 3 N–H and O–H groups in total. The van der Waals surface area contributed by atoms with Crippen LogP contribution in [-0.4, -0.2) is 78.5 Å². The molecule has 6 aromatic heterocycles. The third-order valence-electron chi connectivity index (χ3n) is 27.0. The number of hydrogen-bond donors (Lipinski definition) is 3. The van der Waals surface area contributed by atoms with Gasteiger partial charge in [0.1, 0.15) is 29.6 Å². The Labute approximate surface area is 748 Å². The Morgan fingerprint density at radius 3 is 0.873 bits per heavy atom. The van der Waals surface area contributed by atoms with Crippen molar-refractivity contribution in [3.8, 4) is 67.5 Å². The number of aromatic nitrogens is 8. The molecule has 0 unspecified atom stereocenters. The highest BCUT2D eigenvalue weighted by Gasteiger charge is 2.33. The number of carbonyl (C=O) groups excluding carboxylic acids is 1. The van der Waals surface area contributed by atoms with Gasteiger partial charge in [-0.05, 0) is 338 Å². The maximum absolute atomic E-state index is 13.0. The van der Waals surface area contributed by atoms with E-state index in [9.17, 15) is 4.79 Å². The fourth-order valence-electron chi connectivity index (χ4n) is 21.3. The van der Waals surface area contributed by atoms with Gasteiger partial charge in [-0.25, -0.2) is 19.9 Å². The zero-order valence-electron chi connectivity index (χ0n) is 78.4. The lowest BCUT2D eigenvalue weighted by Gasteiger charge is -2.16. The van der Waals surface area contributed by atoms with Gasteiger partial charge >= 0.3 is 5.97 Å². The Morgan fingerprint density at radius 2 is 0.595 bits per heavy atom. The first-order valence-corrected chi connectivity index (χ1v) is 48.3. The van der Waals surface area contributed by atoms with Crippen LogP contribution in [0.2, 0.25) is 0 Å². The Bertz CT molecular complexity index is 6280. The van der Waals surface area contributed by atoms with Crippen molar-refractivity contribution in [3.63, 3.8) is 0 Å². The molecule has 8 aliphatic rings. The summed E-state index contributed by atoms with van der Waals surface area (Å²) in [6, 6.07) is 44.6. The molecule has 14 heteroatoms. The lowest BCUT2D eigenvalue weighted by molar-refractivity contribution is -0.141. The fraction of sp³-hybridized carbons (Fsp3) is 0.420. The number of aromatic amines is 3. The first-order chi connectivity index (χ1) is 61.6. The van der Waals surface area contributed by atoms with Gasteiger partial charge in [0.15, 0.2) is 0 Å². The standard InChI is InChI=1S/C112H134N8O6/c1-18-77-85(26-9)105-101-69-46-42-50-73(60-69)123-55-38-34-35-39-57-125-75-52-44-48-71(62-75)103-109-89(30-13)81(22-5)97(117-109)66-98-82(23-6)91(32-15)111(118-98)104(112-92(33-16)84(25-8)100(120(112)54-59-122-68(17)121)67-99-83(24-7)90(31-14)110(103)119-99)72-49-45-53-76(63-72)126-58-41-37-36-40-56-124-74-51-43-47-70(61-74)102(107-87(28-11)79(20-3)95(115-107)64-93(77)113-105)108-88(29-12)80(21-4)96(116-108)65-94-78(19-2)86(27-10)106(101)114-94/h42-53,60-67,113,116-117H,18-41,54-59H2,1-17H3. The number of rotatable bonds is 19. The average Bonchev–Trinajstić information content (AvgIpc) is 1.59. The van der Waals surface area contributed by atoms with Crippen LogP contribution in [0.15, 0.2) is 121 Å². The number of allylic oxidation sites excluding steroid dienone is 8. The molecule has 28 bridgehead atoms. The van der Waals surface area contributed by atoms with Gasteiger partial charge in [-0.3, -0.25) is 4.79 Å². The van der Waals surface area contributed by atoms with Gasteiger partial charge in [0, 0.05) is 51.2 Å². The molecule has 0 atom stereocenters. The van der Waals surface area contributed by atoms with E-state index >= 15 is 0 Å². The van der Waals surface area contributed by atoms with Crippen LogP contribution < -0.4 is 18.9 Å². The Balaban J connectivity index is 0.887. The lowest BCUT2D eigenvalue weighted by Crippen LogP contribution is -2.09. The average molecular weight is 1690 g/mol. The van der Waals surface area contributed by atoms with Crippen molar-refractivity contribution in [2.45, 2.75) is 278 Å².